The van der Waals surface area contributed by atoms with E-state index in [4.69, 9.17) is 0 Å². The number of carbonyl (C=O) groups excluding carboxylic acids is 1. The summed E-state index contributed by atoms with van der Waals surface area (Å²) in [7, 11) is 1.80. The molecule has 5 heteroatoms. The highest BCUT2D eigenvalue weighted by Gasteiger charge is 2.25. The van der Waals surface area contributed by atoms with Gasteiger partial charge in [0.1, 0.15) is 5.69 Å². The van der Waals surface area contributed by atoms with Gasteiger partial charge in [0.15, 0.2) is 5.78 Å². The summed E-state index contributed by atoms with van der Waals surface area (Å²) < 4.78 is 2.50. The molecule has 0 aromatic carbocycles. The summed E-state index contributed by atoms with van der Waals surface area (Å²) in [6, 6.07) is 0. The van der Waals surface area contributed by atoms with Gasteiger partial charge in [0.05, 0.1) is 9.67 Å². The number of aromatic nitrogens is 2. The Labute approximate surface area is 121 Å². The summed E-state index contributed by atoms with van der Waals surface area (Å²) in [6.45, 7) is 0. The van der Waals surface area contributed by atoms with E-state index in [0.717, 1.165) is 16.4 Å². The third-order valence-electron chi connectivity index (χ3n) is 3.64. The zero-order valence-electron chi connectivity index (χ0n) is 10.6. The van der Waals surface area contributed by atoms with Crippen molar-refractivity contribution in [3.63, 3.8) is 0 Å². The first-order valence-corrected chi connectivity index (χ1v) is 7.56. The minimum absolute atomic E-state index is 0.0435. The molecule has 0 spiro atoms. The van der Waals surface area contributed by atoms with E-state index in [1.807, 2.05) is 6.20 Å². The van der Waals surface area contributed by atoms with Crippen LogP contribution in [0.4, 0.5) is 0 Å². The molecule has 0 amide bonds. The highest BCUT2D eigenvalue weighted by atomic mass is 127. The van der Waals surface area contributed by atoms with Crippen molar-refractivity contribution in [2.75, 3.05) is 0 Å². The van der Waals surface area contributed by atoms with Crippen LogP contribution in [0, 0.1) is 9.49 Å². The number of halogens is 1. The number of hydrogen-bond acceptors (Lipinski definition) is 3. The maximum atomic E-state index is 12.1. The minimum Gasteiger partial charge on any atom is -0.392 e. The maximum absolute atomic E-state index is 12.1. The number of aryl methyl sites for hydroxylation is 1. The van der Waals surface area contributed by atoms with E-state index in [1.165, 1.54) is 19.3 Å². The van der Waals surface area contributed by atoms with Crippen LogP contribution in [0.2, 0.25) is 0 Å². The second kappa shape index (κ2) is 6.14. The molecule has 1 saturated carbocycles. The van der Waals surface area contributed by atoms with Gasteiger partial charge in [-0.25, -0.2) is 0 Å². The molecule has 1 aromatic rings. The Morgan fingerprint density at radius 1 is 1.56 bits per heavy atom. The zero-order chi connectivity index (χ0) is 13.1. The number of carbonyl (C=O) groups is 1. The summed E-state index contributed by atoms with van der Waals surface area (Å²) in [5.41, 5.74) is 0.493. The number of nitrogens with zero attached hydrogens (tertiary/aromatic N) is 2. The first kappa shape index (κ1) is 14.0. The summed E-state index contributed by atoms with van der Waals surface area (Å²) in [6.07, 6.45) is 7.24. The minimum atomic E-state index is -0.504. The molecule has 1 N–H and O–H groups in total. The molecule has 100 valence electrons. The predicted octanol–water partition coefficient (Wildman–Crippen LogP) is 2.54. The number of ketones is 1. The van der Waals surface area contributed by atoms with E-state index in [1.54, 1.807) is 11.7 Å². The molecule has 2 rings (SSSR count). The number of aliphatic hydroxyl groups excluding tert-OH is 1. The Morgan fingerprint density at radius 3 is 2.78 bits per heavy atom. The van der Waals surface area contributed by atoms with E-state index in [2.05, 4.69) is 27.7 Å². The molecule has 1 heterocycles. The molecule has 1 aliphatic carbocycles. The normalized spacial score (nSPS) is 18.8. The third kappa shape index (κ3) is 3.32. The van der Waals surface area contributed by atoms with Crippen molar-refractivity contribution < 1.29 is 9.90 Å². The maximum Gasteiger partial charge on any atom is 0.186 e. The van der Waals surface area contributed by atoms with Crippen LogP contribution in [0.5, 0.6) is 0 Å². The molecule has 1 atom stereocenters. The van der Waals surface area contributed by atoms with Crippen LogP contribution in [0.25, 0.3) is 0 Å². The standard InChI is InChI=1S/C13H19IN2O2/c1-16-8-10(14)13(15-16)12(18)7-11(17)9-5-3-2-4-6-9/h8-9,11,17H,2-7H2,1H3. The summed E-state index contributed by atoms with van der Waals surface area (Å²) >= 11 is 2.11. The summed E-state index contributed by atoms with van der Waals surface area (Å²) in [5, 5.41) is 14.3. The van der Waals surface area contributed by atoms with Gasteiger partial charge in [0, 0.05) is 19.7 Å². The second-order valence-corrected chi connectivity index (χ2v) is 6.25. The van der Waals surface area contributed by atoms with Crippen LogP contribution >= 0.6 is 22.6 Å². The predicted molar refractivity (Wildman–Crippen MR) is 77.5 cm³/mol. The number of Topliss-reactive ketones (excluding diaryl/α,β-unsaturated/α-hetero) is 1. The molecular formula is C13H19IN2O2. The average Bonchev–Trinajstić information content (AvgIpc) is 2.69. The van der Waals surface area contributed by atoms with Crippen molar-refractivity contribution in [3.05, 3.63) is 15.5 Å². The summed E-state index contributed by atoms with van der Waals surface area (Å²) in [5.74, 6) is 0.252. The molecule has 0 aliphatic heterocycles. The Morgan fingerprint density at radius 2 is 2.22 bits per heavy atom. The molecule has 1 unspecified atom stereocenters. The van der Waals surface area contributed by atoms with Crippen molar-refractivity contribution >= 4 is 28.4 Å². The molecule has 0 radical (unpaired) electrons. The molecule has 0 bridgehead atoms. The SMILES string of the molecule is Cn1cc(I)c(C(=O)CC(O)C2CCCCC2)n1. The Kier molecular flexibility index (Phi) is 4.77. The largest absolute Gasteiger partial charge is 0.392 e. The highest BCUT2D eigenvalue weighted by molar-refractivity contribution is 14.1. The lowest BCUT2D eigenvalue weighted by Gasteiger charge is -2.25. The molecule has 1 aromatic heterocycles. The lowest BCUT2D eigenvalue weighted by molar-refractivity contribution is 0.0634. The number of hydrogen-bond donors (Lipinski definition) is 1. The van der Waals surface area contributed by atoms with Gasteiger partial charge in [0.2, 0.25) is 0 Å². The molecule has 1 fully saturated rings. The topological polar surface area (TPSA) is 55.1 Å². The zero-order valence-corrected chi connectivity index (χ0v) is 12.8. The van der Waals surface area contributed by atoms with Gasteiger partial charge >= 0.3 is 0 Å². The first-order chi connectivity index (χ1) is 8.58. The number of rotatable bonds is 4. The van der Waals surface area contributed by atoms with Crippen molar-refractivity contribution in [3.8, 4) is 0 Å². The smallest absolute Gasteiger partial charge is 0.186 e. The van der Waals surface area contributed by atoms with Gasteiger partial charge in [-0.05, 0) is 41.4 Å². The van der Waals surface area contributed by atoms with Crippen molar-refractivity contribution in [2.45, 2.75) is 44.6 Å². The van der Waals surface area contributed by atoms with Gasteiger partial charge in [-0.1, -0.05) is 19.3 Å². The molecule has 0 saturated heterocycles. The fraction of sp³-hybridized carbons (Fsp3) is 0.692. The van der Waals surface area contributed by atoms with Crippen LogP contribution in [-0.4, -0.2) is 26.8 Å². The fourth-order valence-corrected chi connectivity index (χ4v) is 3.43. The molecule has 4 nitrogen and oxygen atoms in total. The van der Waals surface area contributed by atoms with E-state index in [-0.39, 0.29) is 12.2 Å². The van der Waals surface area contributed by atoms with Crippen LogP contribution < -0.4 is 0 Å². The summed E-state index contributed by atoms with van der Waals surface area (Å²) in [4.78, 5) is 12.1. The molecule has 18 heavy (non-hydrogen) atoms. The Hall–Kier alpha value is -0.430. The molecular weight excluding hydrogens is 343 g/mol. The van der Waals surface area contributed by atoms with Crippen LogP contribution in [0.3, 0.4) is 0 Å². The van der Waals surface area contributed by atoms with E-state index in [9.17, 15) is 9.90 Å². The lowest BCUT2D eigenvalue weighted by Crippen LogP contribution is -2.26. The number of aliphatic hydroxyl groups is 1. The van der Waals surface area contributed by atoms with Crippen LogP contribution in [-0.2, 0) is 7.05 Å². The second-order valence-electron chi connectivity index (χ2n) is 5.09. The first-order valence-electron chi connectivity index (χ1n) is 6.48. The Balaban J connectivity index is 1.96. The van der Waals surface area contributed by atoms with Crippen LogP contribution in [0.1, 0.15) is 49.0 Å². The quantitative estimate of drug-likeness (QED) is 0.662. The fourth-order valence-electron chi connectivity index (χ4n) is 2.62. The van der Waals surface area contributed by atoms with Gasteiger partial charge in [-0.2, -0.15) is 5.10 Å². The highest BCUT2D eigenvalue weighted by Crippen LogP contribution is 2.28. The van der Waals surface area contributed by atoms with Gasteiger partial charge in [-0.3, -0.25) is 9.48 Å². The van der Waals surface area contributed by atoms with Gasteiger partial charge < -0.3 is 5.11 Å². The third-order valence-corrected chi connectivity index (χ3v) is 4.43. The van der Waals surface area contributed by atoms with E-state index < -0.39 is 6.10 Å². The van der Waals surface area contributed by atoms with E-state index in [0.29, 0.717) is 11.6 Å². The van der Waals surface area contributed by atoms with Gasteiger partial charge in [0.25, 0.3) is 0 Å². The van der Waals surface area contributed by atoms with Crippen molar-refractivity contribution in [1.82, 2.24) is 9.78 Å². The van der Waals surface area contributed by atoms with E-state index >= 15 is 0 Å². The lowest BCUT2D eigenvalue weighted by atomic mass is 9.83. The average molecular weight is 362 g/mol. The van der Waals surface area contributed by atoms with Crippen molar-refractivity contribution in [2.24, 2.45) is 13.0 Å². The molecule has 1 aliphatic rings. The van der Waals surface area contributed by atoms with Crippen LogP contribution in [0.15, 0.2) is 6.20 Å². The van der Waals surface area contributed by atoms with Gasteiger partial charge in [-0.15, -0.1) is 0 Å². The Bertz CT molecular complexity index is 425. The van der Waals surface area contributed by atoms with Crippen molar-refractivity contribution in [1.29, 1.82) is 0 Å². The monoisotopic (exact) mass is 362 g/mol.